The Morgan fingerprint density at radius 2 is 2.00 bits per heavy atom. The molecule has 2 aromatic heterocycles. The number of pyridine rings is 1. The molecule has 0 amide bonds. The van der Waals surface area contributed by atoms with Crippen LogP contribution in [0.1, 0.15) is 24.3 Å². The van der Waals surface area contributed by atoms with Crippen LogP contribution in [0.2, 0.25) is 0 Å². The summed E-state index contributed by atoms with van der Waals surface area (Å²) in [5.74, 6) is 0.849. The summed E-state index contributed by atoms with van der Waals surface area (Å²) in [6, 6.07) is 5.53. The number of aliphatic imine (C=N–C) groups is 1. The van der Waals surface area contributed by atoms with Gasteiger partial charge in [0.25, 0.3) is 0 Å². The van der Waals surface area contributed by atoms with Gasteiger partial charge in [-0.05, 0) is 24.6 Å². The maximum absolute atomic E-state index is 10.3. The average molecular weight is 486 g/mol. The lowest BCUT2D eigenvalue weighted by Gasteiger charge is -2.36. The van der Waals surface area contributed by atoms with Gasteiger partial charge in [-0.15, -0.1) is 24.0 Å². The van der Waals surface area contributed by atoms with Crippen molar-refractivity contribution in [2.45, 2.75) is 19.6 Å². The largest absolute Gasteiger partial charge is 0.386 e. The minimum Gasteiger partial charge on any atom is -0.386 e. The normalized spacial score (nSPS) is 16.7. The van der Waals surface area contributed by atoms with Crippen molar-refractivity contribution in [1.29, 1.82) is 0 Å². The van der Waals surface area contributed by atoms with Gasteiger partial charge in [0, 0.05) is 57.7 Å². The minimum absolute atomic E-state index is 0. The molecule has 1 atom stereocenters. The van der Waals surface area contributed by atoms with Crippen LogP contribution in [0.4, 0.5) is 0 Å². The zero-order chi connectivity index (χ0) is 18.2. The number of nitrogens with zero attached hydrogens (tertiary/aromatic N) is 5. The van der Waals surface area contributed by atoms with E-state index in [1.54, 1.807) is 18.7 Å². The van der Waals surface area contributed by atoms with Crippen LogP contribution < -0.4 is 5.32 Å². The fraction of sp³-hybridized carbons (Fsp3) is 0.500. The molecule has 0 bridgehead atoms. The van der Waals surface area contributed by atoms with Crippen LogP contribution in [0.3, 0.4) is 0 Å². The Bertz CT molecular complexity index is 674. The fourth-order valence-electron chi connectivity index (χ4n) is 2.96. The first kappa shape index (κ1) is 21.6. The van der Waals surface area contributed by atoms with Gasteiger partial charge in [-0.2, -0.15) is 0 Å². The molecule has 2 aromatic rings. The quantitative estimate of drug-likeness (QED) is 0.364. The van der Waals surface area contributed by atoms with E-state index in [2.05, 4.69) is 37.2 Å². The summed E-state index contributed by atoms with van der Waals surface area (Å²) in [7, 11) is 0. The van der Waals surface area contributed by atoms with Crippen molar-refractivity contribution >= 4 is 29.9 Å². The van der Waals surface area contributed by atoms with E-state index in [1.807, 2.05) is 18.2 Å². The topological polar surface area (TPSA) is 90.0 Å². The first-order valence-electron chi connectivity index (χ1n) is 8.99. The van der Waals surface area contributed by atoms with Crippen LogP contribution in [0.15, 0.2) is 46.4 Å². The summed E-state index contributed by atoms with van der Waals surface area (Å²) in [5.41, 5.74) is 1.79. The van der Waals surface area contributed by atoms with Crippen LogP contribution in [0.5, 0.6) is 0 Å². The molecule has 27 heavy (non-hydrogen) atoms. The summed E-state index contributed by atoms with van der Waals surface area (Å²) in [4.78, 5) is 13.2. The summed E-state index contributed by atoms with van der Waals surface area (Å²) in [6.45, 7) is 7.61. The second-order valence-corrected chi connectivity index (χ2v) is 6.24. The number of hydrogen-bond acceptors (Lipinski definition) is 6. The van der Waals surface area contributed by atoms with Gasteiger partial charge >= 0.3 is 0 Å². The van der Waals surface area contributed by atoms with Crippen LogP contribution in [0.25, 0.3) is 0 Å². The van der Waals surface area contributed by atoms with E-state index >= 15 is 0 Å². The molecule has 0 saturated carbocycles. The minimum atomic E-state index is -0.625. The van der Waals surface area contributed by atoms with Gasteiger partial charge in [-0.1, -0.05) is 5.16 Å². The summed E-state index contributed by atoms with van der Waals surface area (Å²) in [5, 5.41) is 17.6. The van der Waals surface area contributed by atoms with Crippen LogP contribution >= 0.6 is 24.0 Å². The van der Waals surface area contributed by atoms with Crippen molar-refractivity contribution in [2.24, 2.45) is 4.99 Å². The van der Waals surface area contributed by atoms with Crippen molar-refractivity contribution in [2.75, 3.05) is 39.3 Å². The molecule has 1 aliphatic heterocycles. The summed E-state index contributed by atoms with van der Waals surface area (Å²) < 4.78 is 4.89. The number of aliphatic hydroxyl groups excluding tert-OH is 1. The van der Waals surface area contributed by atoms with Gasteiger partial charge in [0.1, 0.15) is 6.26 Å². The third kappa shape index (κ3) is 6.43. The number of aliphatic hydroxyl groups is 1. The molecule has 1 aliphatic rings. The molecule has 1 fully saturated rings. The van der Waals surface area contributed by atoms with E-state index in [-0.39, 0.29) is 24.0 Å². The Balaban J connectivity index is 0.00000261. The van der Waals surface area contributed by atoms with Gasteiger partial charge in [0.15, 0.2) is 5.96 Å². The molecule has 1 unspecified atom stereocenters. The Kier molecular flexibility index (Phi) is 8.95. The Labute approximate surface area is 176 Å². The van der Waals surface area contributed by atoms with Gasteiger partial charge in [0.05, 0.1) is 18.3 Å². The average Bonchev–Trinajstić information content (AvgIpc) is 3.19. The lowest BCUT2D eigenvalue weighted by atomic mass is 10.1. The predicted octanol–water partition coefficient (Wildman–Crippen LogP) is 1.50. The summed E-state index contributed by atoms with van der Waals surface area (Å²) >= 11 is 0. The van der Waals surface area contributed by atoms with E-state index in [0.29, 0.717) is 6.54 Å². The zero-order valence-corrected chi connectivity index (χ0v) is 17.8. The number of rotatable bonds is 6. The van der Waals surface area contributed by atoms with E-state index < -0.39 is 6.10 Å². The fourth-order valence-corrected chi connectivity index (χ4v) is 2.96. The number of piperazine rings is 1. The van der Waals surface area contributed by atoms with Gasteiger partial charge < -0.3 is 19.8 Å². The highest BCUT2D eigenvalue weighted by molar-refractivity contribution is 14.0. The Hall–Kier alpha value is -1.72. The maximum Gasteiger partial charge on any atom is 0.194 e. The van der Waals surface area contributed by atoms with E-state index in [9.17, 15) is 5.11 Å². The van der Waals surface area contributed by atoms with Gasteiger partial charge in [-0.3, -0.25) is 14.9 Å². The molecule has 9 heteroatoms. The molecule has 1 saturated heterocycles. The zero-order valence-electron chi connectivity index (χ0n) is 15.5. The second kappa shape index (κ2) is 11.2. The molecular weight excluding hydrogens is 459 g/mol. The molecule has 3 rings (SSSR count). The molecule has 3 heterocycles. The smallest absolute Gasteiger partial charge is 0.194 e. The summed E-state index contributed by atoms with van der Waals surface area (Å²) in [6.07, 6.45) is 4.35. The van der Waals surface area contributed by atoms with E-state index in [4.69, 9.17) is 4.52 Å². The van der Waals surface area contributed by atoms with E-state index in [0.717, 1.165) is 56.5 Å². The molecule has 0 radical (unpaired) electrons. The third-order valence-corrected chi connectivity index (χ3v) is 4.39. The van der Waals surface area contributed by atoms with Crippen molar-refractivity contribution in [1.82, 2.24) is 25.3 Å². The predicted molar refractivity (Wildman–Crippen MR) is 114 cm³/mol. The second-order valence-electron chi connectivity index (χ2n) is 6.24. The Morgan fingerprint density at radius 1 is 1.26 bits per heavy atom. The lowest BCUT2D eigenvalue weighted by Crippen LogP contribution is -2.52. The molecule has 0 aliphatic carbocycles. The number of nitrogens with one attached hydrogen (secondary N) is 1. The van der Waals surface area contributed by atoms with Gasteiger partial charge in [-0.25, -0.2) is 0 Å². The highest BCUT2D eigenvalue weighted by Crippen LogP contribution is 2.12. The molecule has 0 spiro atoms. The van der Waals surface area contributed by atoms with Crippen molar-refractivity contribution in [3.8, 4) is 0 Å². The molecule has 8 nitrogen and oxygen atoms in total. The van der Waals surface area contributed by atoms with Crippen LogP contribution in [-0.2, 0) is 6.54 Å². The molecular formula is C18H27IN6O2. The number of aromatic nitrogens is 2. The van der Waals surface area contributed by atoms with Gasteiger partial charge in [0.2, 0.25) is 0 Å². The molecule has 0 aromatic carbocycles. The number of halogens is 1. The van der Waals surface area contributed by atoms with Crippen molar-refractivity contribution in [3.63, 3.8) is 0 Å². The van der Waals surface area contributed by atoms with Crippen molar-refractivity contribution in [3.05, 3.63) is 48.1 Å². The highest BCUT2D eigenvalue weighted by atomic mass is 127. The molecule has 2 N–H and O–H groups in total. The number of hydrogen-bond donors (Lipinski definition) is 2. The van der Waals surface area contributed by atoms with E-state index in [1.165, 1.54) is 0 Å². The SMILES string of the molecule is CCNC(=NCC(O)c1ccncc1)N1CCN(Cc2ccon2)CC1.I. The van der Waals surface area contributed by atoms with Crippen LogP contribution in [-0.4, -0.2) is 70.3 Å². The van der Waals surface area contributed by atoms with Crippen LogP contribution in [0, 0.1) is 0 Å². The first-order valence-corrected chi connectivity index (χ1v) is 8.99. The maximum atomic E-state index is 10.3. The van der Waals surface area contributed by atoms with Crippen molar-refractivity contribution < 1.29 is 9.63 Å². The molecule has 148 valence electrons. The standard InChI is InChI=1S/C18H26N6O2.HI/c1-2-20-18(21-13-17(25)15-3-6-19-7-4-15)24-10-8-23(9-11-24)14-16-5-12-26-22-16;/h3-7,12,17,25H,2,8-11,13-14H2,1H3,(H,20,21);1H. The lowest BCUT2D eigenvalue weighted by molar-refractivity contribution is 0.166. The Morgan fingerprint density at radius 3 is 2.63 bits per heavy atom. The third-order valence-electron chi connectivity index (χ3n) is 4.39. The first-order chi connectivity index (χ1) is 12.8. The highest BCUT2D eigenvalue weighted by Gasteiger charge is 2.20. The number of guanidine groups is 1. The monoisotopic (exact) mass is 486 g/mol.